The Labute approximate surface area is 283 Å². The van der Waals surface area contributed by atoms with Crippen LogP contribution in [0.5, 0.6) is 17.5 Å². The van der Waals surface area contributed by atoms with Crippen LogP contribution in [0, 0.1) is 23.5 Å². The number of alkyl halides is 1. The van der Waals surface area contributed by atoms with E-state index in [1.54, 1.807) is 13.2 Å². The zero-order valence-corrected chi connectivity index (χ0v) is 27.8. The molecule has 4 aliphatic rings. The van der Waals surface area contributed by atoms with Gasteiger partial charge in [0.25, 0.3) is 0 Å². The first kappa shape index (κ1) is 32.3. The Hall–Kier alpha value is -3.87. The van der Waals surface area contributed by atoms with Crippen LogP contribution < -0.4 is 25.0 Å². The molecule has 3 saturated heterocycles. The minimum Gasteiger partial charge on any atom is -0.508 e. The van der Waals surface area contributed by atoms with Gasteiger partial charge < -0.3 is 34.9 Å². The lowest BCUT2D eigenvalue weighted by atomic mass is 9.89. The summed E-state index contributed by atoms with van der Waals surface area (Å²) in [5.74, 6) is -1.56. The lowest BCUT2D eigenvalue weighted by Gasteiger charge is -2.40. The van der Waals surface area contributed by atoms with Gasteiger partial charge in [-0.05, 0) is 78.0 Å². The van der Waals surface area contributed by atoms with E-state index in [0.29, 0.717) is 55.5 Å². The fourth-order valence-corrected chi connectivity index (χ4v) is 8.60. The molecule has 5 heterocycles. The van der Waals surface area contributed by atoms with Crippen LogP contribution >= 0.6 is 0 Å². The minimum atomic E-state index is -1.04. The van der Waals surface area contributed by atoms with Crippen LogP contribution in [-0.2, 0) is 11.2 Å². The van der Waals surface area contributed by atoms with Crippen molar-refractivity contribution in [1.29, 1.82) is 0 Å². The molecule has 0 spiro atoms. The van der Waals surface area contributed by atoms with Gasteiger partial charge in [0, 0.05) is 38.8 Å². The highest BCUT2D eigenvalue weighted by molar-refractivity contribution is 6.05. The Kier molecular flexibility index (Phi) is 8.65. The molecule has 0 aliphatic carbocycles. The van der Waals surface area contributed by atoms with Crippen LogP contribution in [0.2, 0.25) is 0 Å². The summed E-state index contributed by atoms with van der Waals surface area (Å²) in [4.78, 5) is 11.5. The predicted octanol–water partition coefficient (Wildman–Crippen LogP) is 5.68. The number of nitrogens with zero attached hydrogens (tertiary/aromatic N) is 3. The number of nitrogens with one attached hydrogen (secondary N) is 2. The highest BCUT2D eigenvalue weighted by atomic mass is 19.1. The Morgan fingerprint density at radius 1 is 1.04 bits per heavy atom. The van der Waals surface area contributed by atoms with Gasteiger partial charge in [-0.1, -0.05) is 25.1 Å². The second kappa shape index (κ2) is 13.1. The predicted molar refractivity (Wildman–Crippen MR) is 181 cm³/mol. The van der Waals surface area contributed by atoms with Crippen LogP contribution in [0.1, 0.15) is 38.2 Å². The summed E-state index contributed by atoms with van der Waals surface area (Å²) in [5.41, 5.74) is 0.661. The number of rotatable bonds is 7. The number of anilines is 1. The SMILES string of the molecule is CCc1cccc2cc(O)cc(-c3c(F)c4c5c(nc(OCC6CC(F)CNCC(COC)C6)nc5c3F)N3CC5CCC(N5)C3CO4)c12. The maximum absolute atomic E-state index is 17.2. The van der Waals surface area contributed by atoms with Gasteiger partial charge in [-0.2, -0.15) is 9.97 Å². The molecule has 49 heavy (non-hydrogen) atoms. The second-order valence-corrected chi connectivity index (χ2v) is 14.1. The number of phenols is 1. The fourth-order valence-electron chi connectivity index (χ4n) is 8.60. The third kappa shape index (κ3) is 5.81. The maximum atomic E-state index is 17.2. The third-order valence-corrected chi connectivity index (χ3v) is 10.8. The largest absolute Gasteiger partial charge is 0.508 e. The van der Waals surface area contributed by atoms with E-state index in [0.717, 1.165) is 18.4 Å². The highest BCUT2D eigenvalue weighted by Crippen LogP contribution is 2.48. The van der Waals surface area contributed by atoms with E-state index < -0.39 is 17.8 Å². The van der Waals surface area contributed by atoms with Crippen molar-refractivity contribution in [3.63, 3.8) is 0 Å². The normalized spacial score (nSPS) is 26.6. The van der Waals surface area contributed by atoms with Gasteiger partial charge in [0.1, 0.15) is 29.9 Å². The first-order chi connectivity index (χ1) is 23.8. The summed E-state index contributed by atoms with van der Waals surface area (Å²) in [6.07, 6.45) is 2.47. The van der Waals surface area contributed by atoms with E-state index in [2.05, 4.69) is 20.5 Å². The lowest BCUT2D eigenvalue weighted by molar-refractivity contribution is 0.0990. The van der Waals surface area contributed by atoms with Gasteiger partial charge in [-0.25, -0.2) is 13.2 Å². The summed E-state index contributed by atoms with van der Waals surface area (Å²) in [5, 5.41) is 19.0. The zero-order chi connectivity index (χ0) is 33.8. The summed E-state index contributed by atoms with van der Waals surface area (Å²) in [7, 11) is 1.65. The molecule has 1 aromatic heterocycles. The molecule has 0 amide bonds. The van der Waals surface area contributed by atoms with Crippen LogP contribution in [0.3, 0.4) is 0 Å². The summed E-state index contributed by atoms with van der Waals surface area (Å²) in [6.45, 7) is 4.31. The van der Waals surface area contributed by atoms with Gasteiger partial charge in [0.05, 0.1) is 30.2 Å². The number of phenolic OH excluding ortho intramolecular Hbond substituents is 1. The molecule has 3 fully saturated rings. The van der Waals surface area contributed by atoms with Gasteiger partial charge in [0.2, 0.25) is 0 Å². The number of benzene rings is 3. The molecular weight excluding hydrogens is 635 g/mol. The first-order valence-electron chi connectivity index (χ1n) is 17.4. The number of piperazine rings is 1. The minimum absolute atomic E-state index is 0.0506. The van der Waals surface area contributed by atoms with Crippen LogP contribution in [0.4, 0.5) is 19.0 Å². The average Bonchev–Trinajstić information content (AvgIpc) is 3.38. The van der Waals surface area contributed by atoms with E-state index in [1.165, 1.54) is 6.07 Å². The molecule has 3 aromatic carbocycles. The van der Waals surface area contributed by atoms with Crippen LogP contribution in [0.25, 0.3) is 32.8 Å². The van der Waals surface area contributed by atoms with Gasteiger partial charge in [0.15, 0.2) is 17.4 Å². The van der Waals surface area contributed by atoms with Crippen molar-refractivity contribution < 1.29 is 32.5 Å². The Balaban J connectivity index is 1.28. The lowest BCUT2D eigenvalue weighted by Crippen LogP contribution is -2.60. The molecule has 0 radical (unpaired) electrons. The van der Waals surface area contributed by atoms with Crippen LogP contribution in [-0.4, -0.2) is 85.9 Å². The first-order valence-corrected chi connectivity index (χ1v) is 17.4. The van der Waals surface area contributed by atoms with Crippen molar-refractivity contribution in [2.45, 2.75) is 63.3 Å². The van der Waals surface area contributed by atoms with Crippen molar-refractivity contribution in [3.8, 4) is 28.6 Å². The molecule has 0 saturated carbocycles. The molecule has 260 valence electrons. The van der Waals surface area contributed by atoms with E-state index in [-0.39, 0.29) is 89.3 Å². The smallest absolute Gasteiger partial charge is 0.319 e. The molecule has 12 heteroatoms. The third-order valence-electron chi connectivity index (χ3n) is 10.8. The molecule has 6 unspecified atom stereocenters. The number of hydrogen-bond acceptors (Lipinski definition) is 9. The van der Waals surface area contributed by atoms with E-state index in [1.807, 2.05) is 25.1 Å². The quantitative estimate of drug-likeness (QED) is 0.228. The van der Waals surface area contributed by atoms with E-state index in [9.17, 15) is 9.50 Å². The van der Waals surface area contributed by atoms with Crippen molar-refractivity contribution in [1.82, 2.24) is 20.6 Å². The summed E-state index contributed by atoms with van der Waals surface area (Å²) >= 11 is 0. The Morgan fingerprint density at radius 3 is 2.76 bits per heavy atom. The number of halogens is 3. The molecule has 8 rings (SSSR count). The van der Waals surface area contributed by atoms with E-state index >= 15 is 8.78 Å². The maximum Gasteiger partial charge on any atom is 0.319 e. The molecule has 6 atom stereocenters. The number of aryl methyl sites for hydroxylation is 1. The topological polar surface area (TPSA) is 101 Å². The fraction of sp³-hybridized carbons (Fsp3) is 0.514. The van der Waals surface area contributed by atoms with Gasteiger partial charge in [-0.15, -0.1) is 0 Å². The number of ether oxygens (including phenoxy) is 3. The summed E-state index contributed by atoms with van der Waals surface area (Å²) in [6, 6.07) is 8.68. The zero-order valence-electron chi connectivity index (χ0n) is 27.8. The number of fused-ring (bicyclic) bond motifs is 6. The second-order valence-electron chi connectivity index (χ2n) is 14.1. The number of hydrogen-bond donors (Lipinski definition) is 3. The van der Waals surface area contributed by atoms with Crippen molar-refractivity contribution in [2.24, 2.45) is 11.8 Å². The van der Waals surface area contributed by atoms with Crippen LogP contribution in [0.15, 0.2) is 30.3 Å². The average molecular weight is 678 g/mol. The van der Waals surface area contributed by atoms with Crippen molar-refractivity contribution >= 4 is 27.5 Å². The molecule has 2 bridgehead atoms. The number of methoxy groups -OCH3 is 1. The molecule has 4 aromatic rings. The summed E-state index contributed by atoms with van der Waals surface area (Å²) < 4.78 is 66.9. The molecular formula is C37H42F3N5O4. The highest BCUT2D eigenvalue weighted by Gasteiger charge is 2.44. The molecule has 3 N–H and O–H groups in total. The number of aromatic nitrogens is 2. The Bertz CT molecular complexity index is 1900. The standard InChI is InChI=1S/C37H42F3N5O4/c1-3-21-5-4-6-22-11-25(46)12-26(29(21)22)30-32(39)34-31-35(33(30)40)48-18-28-27-8-7-24(42-27)15-45(28)36(31)44-37(43-34)49-17-19-9-20(16-47-2)13-41-14-23(38)10-19/h4-6,11-12,19-20,23-24,27-28,41-42,46H,3,7-10,13-18H2,1-2H3. The molecule has 9 nitrogen and oxygen atoms in total. The van der Waals surface area contributed by atoms with Crippen molar-refractivity contribution in [2.75, 3.05) is 51.5 Å². The van der Waals surface area contributed by atoms with Gasteiger partial charge in [-0.3, -0.25) is 0 Å². The Morgan fingerprint density at radius 2 is 1.92 bits per heavy atom. The number of aromatic hydroxyl groups is 1. The monoisotopic (exact) mass is 677 g/mol. The van der Waals surface area contributed by atoms with E-state index in [4.69, 9.17) is 19.2 Å². The molecule has 4 aliphatic heterocycles. The van der Waals surface area contributed by atoms with Crippen molar-refractivity contribution in [3.05, 3.63) is 47.5 Å². The van der Waals surface area contributed by atoms with Gasteiger partial charge >= 0.3 is 6.01 Å².